The average molecular weight is 326 g/mol. The molecule has 0 atom stereocenters. The van der Waals surface area contributed by atoms with Gasteiger partial charge in [0, 0.05) is 10.5 Å². The Morgan fingerprint density at radius 3 is 2.74 bits per heavy atom. The van der Waals surface area contributed by atoms with E-state index in [-0.39, 0.29) is 5.60 Å². The number of halogens is 1. The molecule has 106 valence electrons. The SMILES string of the molecule is CC(C)NCCC1(OCc2cccc(Br)c2)CCC1. The molecule has 1 N–H and O–H groups in total. The summed E-state index contributed by atoms with van der Waals surface area (Å²) < 4.78 is 7.35. The average Bonchev–Trinajstić information content (AvgIpc) is 2.31. The number of ether oxygens (including phenoxy) is 1. The van der Waals surface area contributed by atoms with E-state index in [9.17, 15) is 0 Å². The van der Waals surface area contributed by atoms with Crippen molar-refractivity contribution < 1.29 is 4.74 Å². The Kier molecular flexibility index (Phi) is 5.43. The van der Waals surface area contributed by atoms with Crippen LogP contribution < -0.4 is 5.32 Å². The quantitative estimate of drug-likeness (QED) is 0.808. The lowest BCUT2D eigenvalue weighted by Gasteiger charge is -2.42. The lowest BCUT2D eigenvalue weighted by molar-refractivity contribution is -0.114. The van der Waals surface area contributed by atoms with Gasteiger partial charge in [-0.25, -0.2) is 0 Å². The normalized spacial score (nSPS) is 17.5. The van der Waals surface area contributed by atoms with Gasteiger partial charge in [0.25, 0.3) is 0 Å². The Labute approximate surface area is 125 Å². The summed E-state index contributed by atoms with van der Waals surface area (Å²) >= 11 is 3.51. The van der Waals surface area contributed by atoms with Crippen LogP contribution >= 0.6 is 15.9 Å². The monoisotopic (exact) mass is 325 g/mol. The highest BCUT2D eigenvalue weighted by Crippen LogP contribution is 2.39. The third-order valence-corrected chi connectivity index (χ3v) is 4.33. The maximum Gasteiger partial charge on any atom is 0.0724 e. The Morgan fingerprint density at radius 1 is 1.37 bits per heavy atom. The standard InChI is InChI=1S/C16H24BrNO/c1-13(2)18-10-9-16(7-4-8-16)19-12-14-5-3-6-15(17)11-14/h3,5-6,11,13,18H,4,7-10,12H2,1-2H3. The molecular formula is C16H24BrNO. The van der Waals surface area contributed by atoms with Gasteiger partial charge in [-0.15, -0.1) is 0 Å². The molecule has 0 amide bonds. The molecule has 0 aliphatic heterocycles. The van der Waals surface area contributed by atoms with Gasteiger partial charge >= 0.3 is 0 Å². The van der Waals surface area contributed by atoms with Gasteiger partial charge in [-0.3, -0.25) is 0 Å². The van der Waals surface area contributed by atoms with E-state index < -0.39 is 0 Å². The van der Waals surface area contributed by atoms with Crippen LogP contribution in [0.25, 0.3) is 0 Å². The van der Waals surface area contributed by atoms with E-state index in [0.717, 1.165) is 24.0 Å². The number of benzene rings is 1. The fourth-order valence-electron chi connectivity index (χ4n) is 2.49. The third-order valence-electron chi connectivity index (χ3n) is 3.83. The molecule has 1 aliphatic rings. The molecule has 0 radical (unpaired) electrons. The van der Waals surface area contributed by atoms with Crippen LogP contribution in [0.2, 0.25) is 0 Å². The summed E-state index contributed by atoms with van der Waals surface area (Å²) in [5.74, 6) is 0. The molecule has 0 spiro atoms. The highest BCUT2D eigenvalue weighted by Gasteiger charge is 2.37. The molecule has 0 unspecified atom stereocenters. The molecule has 0 aromatic heterocycles. The first-order valence-electron chi connectivity index (χ1n) is 7.21. The topological polar surface area (TPSA) is 21.3 Å². The van der Waals surface area contributed by atoms with Gasteiger partial charge in [-0.05, 0) is 49.9 Å². The summed E-state index contributed by atoms with van der Waals surface area (Å²) in [7, 11) is 0. The van der Waals surface area contributed by atoms with Crippen LogP contribution in [0.15, 0.2) is 28.7 Å². The first-order chi connectivity index (χ1) is 9.10. The van der Waals surface area contributed by atoms with Crippen LogP contribution in [0.4, 0.5) is 0 Å². The predicted molar refractivity (Wildman–Crippen MR) is 83.3 cm³/mol. The molecule has 19 heavy (non-hydrogen) atoms. The predicted octanol–water partition coefficient (Wildman–Crippen LogP) is 4.28. The molecule has 1 aromatic carbocycles. The second kappa shape index (κ2) is 6.87. The smallest absolute Gasteiger partial charge is 0.0724 e. The number of hydrogen-bond donors (Lipinski definition) is 1. The van der Waals surface area contributed by atoms with Crippen molar-refractivity contribution in [2.24, 2.45) is 0 Å². The van der Waals surface area contributed by atoms with Crippen molar-refractivity contribution in [2.45, 2.75) is 57.8 Å². The van der Waals surface area contributed by atoms with Crippen molar-refractivity contribution >= 4 is 15.9 Å². The molecule has 1 aliphatic carbocycles. The van der Waals surface area contributed by atoms with Crippen LogP contribution in [0.3, 0.4) is 0 Å². The Morgan fingerprint density at radius 2 is 2.16 bits per heavy atom. The maximum absolute atomic E-state index is 6.23. The summed E-state index contributed by atoms with van der Waals surface area (Å²) in [6.45, 7) is 6.16. The van der Waals surface area contributed by atoms with E-state index in [1.807, 2.05) is 0 Å². The van der Waals surface area contributed by atoms with Crippen molar-refractivity contribution in [3.8, 4) is 0 Å². The minimum Gasteiger partial charge on any atom is -0.370 e. The van der Waals surface area contributed by atoms with Crippen molar-refractivity contribution in [3.05, 3.63) is 34.3 Å². The molecule has 1 saturated carbocycles. The van der Waals surface area contributed by atoms with Crippen LogP contribution in [0, 0.1) is 0 Å². The zero-order chi connectivity index (χ0) is 13.7. The van der Waals surface area contributed by atoms with Gasteiger partial charge in [-0.1, -0.05) is 41.9 Å². The Bertz CT molecular complexity index is 401. The summed E-state index contributed by atoms with van der Waals surface area (Å²) in [4.78, 5) is 0. The van der Waals surface area contributed by atoms with E-state index in [1.54, 1.807) is 0 Å². The lowest BCUT2D eigenvalue weighted by Crippen LogP contribution is -2.43. The summed E-state index contributed by atoms with van der Waals surface area (Å²) in [6.07, 6.45) is 4.85. The van der Waals surface area contributed by atoms with E-state index in [1.165, 1.54) is 24.8 Å². The van der Waals surface area contributed by atoms with E-state index in [4.69, 9.17) is 4.74 Å². The number of nitrogens with one attached hydrogen (secondary N) is 1. The van der Waals surface area contributed by atoms with Crippen LogP contribution in [0.1, 0.15) is 45.1 Å². The zero-order valence-electron chi connectivity index (χ0n) is 11.9. The minimum absolute atomic E-state index is 0.129. The first-order valence-corrected chi connectivity index (χ1v) is 8.01. The van der Waals surface area contributed by atoms with Gasteiger partial charge in [0.05, 0.1) is 12.2 Å². The summed E-state index contributed by atoms with van der Waals surface area (Å²) in [5, 5.41) is 3.49. The second-order valence-corrected chi connectivity index (χ2v) is 6.73. The van der Waals surface area contributed by atoms with Gasteiger partial charge in [0.1, 0.15) is 0 Å². The molecule has 2 nitrogen and oxygen atoms in total. The molecule has 0 saturated heterocycles. The molecule has 1 aromatic rings. The largest absolute Gasteiger partial charge is 0.370 e. The van der Waals surface area contributed by atoms with Gasteiger partial charge in [0.2, 0.25) is 0 Å². The minimum atomic E-state index is 0.129. The summed E-state index contributed by atoms with van der Waals surface area (Å²) in [6, 6.07) is 8.94. The lowest BCUT2D eigenvalue weighted by atomic mass is 9.77. The second-order valence-electron chi connectivity index (χ2n) is 5.81. The van der Waals surface area contributed by atoms with Crippen LogP contribution in [0.5, 0.6) is 0 Å². The van der Waals surface area contributed by atoms with E-state index >= 15 is 0 Å². The van der Waals surface area contributed by atoms with Crippen LogP contribution in [-0.2, 0) is 11.3 Å². The van der Waals surface area contributed by atoms with Crippen LogP contribution in [-0.4, -0.2) is 18.2 Å². The van der Waals surface area contributed by atoms with E-state index in [2.05, 4.69) is 59.4 Å². The third kappa shape index (κ3) is 4.59. The first kappa shape index (κ1) is 15.0. The molecule has 1 fully saturated rings. The van der Waals surface area contributed by atoms with Crippen molar-refractivity contribution in [1.29, 1.82) is 0 Å². The highest BCUT2D eigenvalue weighted by molar-refractivity contribution is 9.10. The number of rotatable bonds is 7. The molecule has 0 bridgehead atoms. The van der Waals surface area contributed by atoms with Gasteiger partial charge < -0.3 is 10.1 Å². The van der Waals surface area contributed by atoms with Gasteiger partial charge in [0.15, 0.2) is 0 Å². The summed E-state index contributed by atoms with van der Waals surface area (Å²) in [5.41, 5.74) is 1.38. The van der Waals surface area contributed by atoms with Gasteiger partial charge in [-0.2, -0.15) is 0 Å². The van der Waals surface area contributed by atoms with Crippen molar-refractivity contribution in [2.75, 3.05) is 6.54 Å². The number of hydrogen-bond acceptors (Lipinski definition) is 2. The zero-order valence-corrected chi connectivity index (χ0v) is 13.5. The Balaban J connectivity index is 1.81. The maximum atomic E-state index is 6.23. The molecular weight excluding hydrogens is 302 g/mol. The highest BCUT2D eigenvalue weighted by atomic mass is 79.9. The fourth-order valence-corrected chi connectivity index (χ4v) is 2.94. The molecule has 3 heteroatoms. The van der Waals surface area contributed by atoms with Crippen molar-refractivity contribution in [1.82, 2.24) is 5.32 Å². The van der Waals surface area contributed by atoms with Crippen molar-refractivity contribution in [3.63, 3.8) is 0 Å². The molecule has 2 rings (SSSR count). The Hall–Kier alpha value is -0.380. The fraction of sp³-hybridized carbons (Fsp3) is 0.625. The van der Waals surface area contributed by atoms with E-state index in [0.29, 0.717) is 6.04 Å². The molecule has 0 heterocycles.